The summed E-state index contributed by atoms with van der Waals surface area (Å²) in [7, 11) is 0. The van der Waals surface area contributed by atoms with Gasteiger partial charge in [0.15, 0.2) is 0 Å². The normalized spacial score (nSPS) is 10.4. The molecule has 158 valence electrons. The Kier molecular flexibility index (Phi) is 5.99. The highest BCUT2D eigenvalue weighted by Crippen LogP contribution is 2.30. The maximum Gasteiger partial charge on any atom is 0.344 e. The summed E-state index contributed by atoms with van der Waals surface area (Å²) < 4.78 is 11.0. The number of carbonyl (C=O) groups is 2. The molecule has 0 radical (unpaired) electrons. The zero-order valence-electron chi connectivity index (χ0n) is 17.5. The lowest BCUT2D eigenvalue weighted by molar-refractivity contribution is -0.129. The standard InChI is InChI=1S/C27H21NO4/c1-18(2)26(29)32-25-17-16-24(22-10-6-7-11-23(22)25)27(30)31-21-14-12-20(13-15-21)28-19-8-4-3-5-9-19/h3-17,28H,1H2,2H3. The SMILES string of the molecule is C=C(C)C(=O)Oc1ccc(C(=O)Oc2ccc(Nc3ccccc3)cc2)c2ccccc12. The number of nitrogens with one attached hydrogen (secondary N) is 1. The highest BCUT2D eigenvalue weighted by molar-refractivity contribution is 6.07. The van der Waals surface area contributed by atoms with Crippen LogP contribution in [0.25, 0.3) is 10.8 Å². The molecule has 0 spiro atoms. The van der Waals surface area contributed by atoms with Gasteiger partial charge in [0.1, 0.15) is 11.5 Å². The number of anilines is 2. The molecule has 0 aromatic heterocycles. The molecule has 0 atom stereocenters. The average Bonchev–Trinajstić information content (AvgIpc) is 2.81. The molecule has 0 aliphatic rings. The summed E-state index contributed by atoms with van der Waals surface area (Å²) in [6.07, 6.45) is 0. The van der Waals surface area contributed by atoms with Crippen LogP contribution < -0.4 is 14.8 Å². The van der Waals surface area contributed by atoms with Gasteiger partial charge in [0.05, 0.1) is 5.56 Å². The van der Waals surface area contributed by atoms with E-state index >= 15 is 0 Å². The minimum Gasteiger partial charge on any atom is -0.423 e. The van der Waals surface area contributed by atoms with Gasteiger partial charge >= 0.3 is 11.9 Å². The maximum absolute atomic E-state index is 12.9. The second-order valence-electron chi connectivity index (χ2n) is 7.23. The molecule has 0 amide bonds. The van der Waals surface area contributed by atoms with Crippen molar-refractivity contribution in [3.63, 3.8) is 0 Å². The fraction of sp³-hybridized carbons (Fsp3) is 0.0370. The average molecular weight is 423 g/mol. The number of ether oxygens (including phenoxy) is 2. The number of benzene rings is 4. The molecule has 0 heterocycles. The lowest BCUT2D eigenvalue weighted by atomic mass is 10.0. The fourth-order valence-corrected chi connectivity index (χ4v) is 3.18. The van der Waals surface area contributed by atoms with Crippen LogP contribution in [0.15, 0.2) is 103 Å². The predicted octanol–water partition coefficient (Wildman–Crippen LogP) is 6.28. The lowest BCUT2D eigenvalue weighted by Crippen LogP contribution is -2.11. The summed E-state index contributed by atoms with van der Waals surface area (Å²) in [4.78, 5) is 24.8. The van der Waals surface area contributed by atoms with Gasteiger partial charge in [0.2, 0.25) is 0 Å². The van der Waals surface area contributed by atoms with Crippen LogP contribution in [0.4, 0.5) is 11.4 Å². The van der Waals surface area contributed by atoms with Gasteiger partial charge in [-0.1, -0.05) is 49.0 Å². The van der Waals surface area contributed by atoms with E-state index in [9.17, 15) is 9.59 Å². The van der Waals surface area contributed by atoms with E-state index in [2.05, 4.69) is 11.9 Å². The molecule has 0 bridgehead atoms. The molecule has 0 aliphatic carbocycles. The third kappa shape index (κ3) is 4.68. The minimum atomic E-state index is -0.519. The lowest BCUT2D eigenvalue weighted by Gasteiger charge is -2.12. The van der Waals surface area contributed by atoms with Crippen LogP contribution in [-0.2, 0) is 4.79 Å². The monoisotopic (exact) mass is 423 g/mol. The van der Waals surface area contributed by atoms with Crippen molar-refractivity contribution in [2.75, 3.05) is 5.32 Å². The third-order valence-corrected chi connectivity index (χ3v) is 4.78. The quantitative estimate of drug-likeness (QED) is 0.224. The zero-order chi connectivity index (χ0) is 22.5. The molecule has 32 heavy (non-hydrogen) atoms. The molecule has 0 saturated carbocycles. The molecule has 4 aromatic rings. The van der Waals surface area contributed by atoms with E-state index in [0.29, 0.717) is 33.4 Å². The van der Waals surface area contributed by atoms with Crippen molar-refractivity contribution >= 4 is 34.1 Å². The van der Waals surface area contributed by atoms with Gasteiger partial charge in [-0.3, -0.25) is 0 Å². The van der Waals surface area contributed by atoms with Crippen molar-refractivity contribution in [1.82, 2.24) is 0 Å². The van der Waals surface area contributed by atoms with Crippen molar-refractivity contribution in [3.8, 4) is 11.5 Å². The van der Waals surface area contributed by atoms with Gasteiger partial charge in [-0.15, -0.1) is 0 Å². The van der Waals surface area contributed by atoms with E-state index in [1.54, 1.807) is 43.3 Å². The molecule has 5 heteroatoms. The van der Waals surface area contributed by atoms with Crippen LogP contribution in [0, 0.1) is 0 Å². The first-order valence-corrected chi connectivity index (χ1v) is 10.0. The maximum atomic E-state index is 12.9. The van der Waals surface area contributed by atoms with Crippen molar-refractivity contribution in [3.05, 3.63) is 109 Å². The Balaban J connectivity index is 1.54. The summed E-state index contributed by atoms with van der Waals surface area (Å²) in [5, 5.41) is 4.55. The summed E-state index contributed by atoms with van der Waals surface area (Å²) in [5.74, 6) is -0.227. The number of hydrogen-bond donors (Lipinski definition) is 1. The van der Waals surface area contributed by atoms with E-state index in [4.69, 9.17) is 9.47 Å². The second kappa shape index (κ2) is 9.18. The highest BCUT2D eigenvalue weighted by atomic mass is 16.5. The van der Waals surface area contributed by atoms with Gasteiger partial charge in [-0.05, 0) is 60.8 Å². The molecule has 0 aliphatic heterocycles. The topological polar surface area (TPSA) is 64.6 Å². The van der Waals surface area contributed by atoms with E-state index in [1.165, 1.54) is 0 Å². The number of rotatable bonds is 6. The Morgan fingerprint density at radius 1 is 0.719 bits per heavy atom. The molecule has 5 nitrogen and oxygen atoms in total. The van der Waals surface area contributed by atoms with Crippen LogP contribution in [0.1, 0.15) is 17.3 Å². The molecule has 0 unspecified atom stereocenters. The molecule has 1 N–H and O–H groups in total. The number of esters is 2. The van der Waals surface area contributed by atoms with Gasteiger partial charge in [-0.25, -0.2) is 9.59 Å². The van der Waals surface area contributed by atoms with Crippen LogP contribution in [0.2, 0.25) is 0 Å². The van der Waals surface area contributed by atoms with Gasteiger partial charge in [0, 0.05) is 22.3 Å². The Morgan fingerprint density at radius 3 is 2.03 bits per heavy atom. The van der Waals surface area contributed by atoms with Crippen molar-refractivity contribution in [2.45, 2.75) is 6.92 Å². The van der Waals surface area contributed by atoms with Gasteiger partial charge in [0.25, 0.3) is 0 Å². The van der Waals surface area contributed by atoms with Crippen LogP contribution in [-0.4, -0.2) is 11.9 Å². The van der Waals surface area contributed by atoms with E-state index in [1.807, 2.05) is 54.6 Å². The van der Waals surface area contributed by atoms with Gasteiger partial charge < -0.3 is 14.8 Å². The summed E-state index contributed by atoms with van der Waals surface area (Å²) >= 11 is 0. The third-order valence-electron chi connectivity index (χ3n) is 4.78. The summed E-state index contributed by atoms with van der Waals surface area (Å²) in [6.45, 7) is 5.18. The Morgan fingerprint density at radius 2 is 1.34 bits per heavy atom. The molecule has 0 fully saturated rings. The fourth-order valence-electron chi connectivity index (χ4n) is 3.18. The zero-order valence-corrected chi connectivity index (χ0v) is 17.5. The first-order valence-electron chi connectivity index (χ1n) is 10.0. The number of carbonyl (C=O) groups excluding carboxylic acids is 2. The number of fused-ring (bicyclic) bond motifs is 1. The van der Waals surface area contributed by atoms with E-state index in [-0.39, 0.29) is 0 Å². The van der Waals surface area contributed by atoms with Crippen LogP contribution in [0.5, 0.6) is 11.5 Å². The van der Waals surface area contributed by atoms with E-state index < -0.39 is 11.9 Å². The minimum absolute atomic E-state index is 0.294. The van der Waals surface area contributed by atoms with Crippen LogP contribution in [0.3, 0.4) is 0 Å². The van der Waals surface area contributed by atoms with Crippen molar-refractivity contribution < 1.29 is 19.1 Å². The first-order chi connectivity index (χ1) is 15.5. The summed E-state index contributed by atoms with van der Waals surface area (Å²) in [5.41, 5.74) is 2.52. The smallest absolute Gasteiger partial charge is 0.344 e. The van der Waals surface area contributed by atoms with Crippen molar-refractivity contribution in [2.24, 2.45) is 0 Å². The first kappa shape index (κ1) is 20.9. The molecule has 4 aromatic carbocycles. The second-order valence-corrected chi connectivity index (χ2v) is 7.23. The molecular formula is C27H21NO4. The Bertz CT molecular complexity index is 1290. The number of para-hydroxylation sites is 1. The molecule has 0 saturated heterocycles. The van der Waals surface area contributed by atoms with E-state index in [0.717, 1.165) is 11.4 Å². The Hall–Kier alpha value is -4.38. The number of hydrogen-bond acceptors (Lipinski definition) is 5. The Labute approximate surface area is 185 Å². The predicted molar refractivity (Wildman–Crippen MR) is 126 cm³/mol. The van der Waals surface area contributed by atoms with Gasteiger partial charge in [-0.2, -0.15) is 0 Å². The molecular weight excluding hydrogens is 402 g/mol. The van der Waals surface area contributed by atoms with Crippen LogP contribution >= 0.6 is 0 Å². The highest BCUT2D eigenvalue weighted by Gasteiger charge is 2.17. The molecule has 4 rings (SSSR count). The van der Waals surface area contributed by atoms with Crippen molar-refractivity contribution in [1.29, 1.82) is 0 Å². The summed E-state index contributed by atoms with van der Waals surface area (Å²) in [6, 6.07) is 27.3. The largest absolute Gasteiger partial charge is 0.423 e.